The molecule has 5 nitrogen and oxygen atoms in total. The third-order valence-electron chi connectivity index (χ3n) is 4.00. The predicted molar refractivity (Wildman–Crippen MR) is 89.4 cm³/mol. The van der Waals surface area contributed by atoms with Gasteiger partial charge in [0.25, 0.3) is 5.91 Å². The Labute approximate surface area is 138 Å². The first-order valence-corrected chi connectivity index (χ1v) is 8.26. The quantitative estimate of drug-likeness (QED) is 0.881. The number of benzene rings is 1. The highest BCUT2D eigenvalue weighted by Crippen LogP contribution is 2.17. The molecule has 1 saturated heterocycles. The summed E-state index contributed by atoms with van der Waals surface area (Å²) < 4.78 is 2.81. The number of nitrogens with zero attached hydrogens (tertiary/aromatic N) is 2. The van der Waals surface area contributed by atoms with Crippen LogP contribution in [0, 0.1) is 6.92 Å². The van der Waals surface area contributed by atoms with E-state index in [1.165, 1.54) is 0 Å². The molecule has 0 spiro atoms. The molecule has 1 aromatic heterocycles. The van der Waals surface area contributed by atoms with Crippen LogP contribution in [0.5, 0.6) is 0 Å². The van der Waals surface area contributed by atoms with Crippen molar-refractivity contribution in [2.75, 3.05) is 13.1 Å². The van der Waals surface area contributed by atoms with Crippen LogP contribution in [-0.4, -0.2) is 34.8 Å². The molecule has 6 heteroatoms. The van der Waals surface area contributed by atoms with Gasteiger partial charge in [0.1, 0.15) is 0 Å². The third-order valence-corrected chi connectivity index (χ3v) is 4.53. The number of carbonyl (C=O) groups excluding carboxylic acids is 1. The van der Waals surface area contributed by atoms with E-state index in [1.807, 2.05) is 31.2 Å². The standard InChI is InChI=1S/C16H19BrN4O/c1-11-15(16(22)20-13-6-8-18-9-7-13)10-19-21(11)14-4-2-12(17)3-5-14/h2-5,10,13,18H,6-9H2,1H3,(H,20,22). The van der Waals surface area contributed by atoms with Crippen molar-refractivity contribution in [2.45, 2.75) is 25.8 Å². The van der Waals surface area contributed by atoms with Gasteiger partial charge in [0, 0.05) is 10.5 Å². The maximum atomic E-state index is 12.4. The van der Waals surface area contributed by atoms with Crippen molar-refractivity contribution in [1.29, 1.82) is 0 Å². The summed E-state index contributed by atoms with van der Waals surface area (Å²) in [6.07, 6.45) is 3.60. The lowest BCUT2D eigenvalue weighted by Crippen LogP contribution is -2.42. The molecule has 0 bridgehead atoms. The molecular weight excluding hydrogens is 344 g/mol. The van der Waals surface area contributed by atoms with Gasteiger partial charge in [0.2, 0.25) is 0 Å². The molecule has 1 fully saturated rings. The van der Waals surface area contributed by atoms with E-state index in [4.69, 9.17) is 0 Å². The van der Waals surface area contributed by atoms with E-state index in [1.54, 1.807) is 10.9 Å². The van der Waals surface area contributed by atoms with E-state index in [9.17, 15) is 4.79 Å². The highest BCUT2D eigenvalue weighted by molar-refractivity contribution is 9.10. The Morgan fingerprint density at radius 2 is 2.00 bits per heavy atom. The van der Waals surface area contributed by atoms with Gasteiger partial charge in [0.05, 0.1) is 23.1 Å². The van der Waals surface area contributed by atoms with Gasteiger partial charge in [-0.1, -0.05) is 15.9 Å². The number of amides is 1. The normalized spacial score (nSPS) is 15.7. The lowest BCUT2D eigenvalue weighted by Gasteiger charge is -2.23. The zero-order valence-corrected chi connectivity index (χ0v) is 14.1. The highest BCUT2D eigenvalue weighted by Gasteiger charge is 2.20. The summed E-state index contributed by atoms with van der Waals surface area (Å²) in [6, 6.07) is 8.12. The van der Waals surface area contributed by atoms with Crippen LogP contribution < -0.4 is 10.6 Å². The Morgan fingerprint density at radius 3 is 2.68 bits per heavy atom. The van der Waals surface area contributed by atoms with Gasteiger partial charge in [-0.3, -0.25) is 4.79 Å². The van der Waals surface area contributed by atoms with E-state index in [2.05, 4.69) is 31.7 Å². The average Bonchev–Trinajstić information content (AvgIpc) is 2.91. The Bertz CT molecular complexity index is 659. The van der Waals surface area contributed by atoms with Crippen molar-refractivity contribution >= 4 is 21.8 Å². The van der Waals surface area contributed by atoms with Crippen LogP contribution >= 0.6 is 15.9 Å². The second kappa shape index (κ2) is 6.62. The number of hydrogen-bond acceptors (Lipinski definition) is 3. The van der Waals surface area contributed by atoms with Gasteiger partial charge < -0.3 is 10.6 Å². The second-order valence-corrected chi connectivity index (χ2v) is 6.45. The first kappa shape index (κ1) is 15.2. The van der Waals surface area contributed by atoms with Crippen molar-refractivity contribution in [3.63, 3.8) is 0 Å². The minimum atomic E-state index is -0.0345. The number of carbonyl (C=O) groups is 1. The van der Waals surface area contributed by atoms with Gasteiger partial charge in [-0.25, -0.2) is 4.68 Å². The van der Waals surface area contributed by atoms with E-state index < -0.39 is 0 Å². The van der Waals surface area contributed by atoms with Crippen LogP contribution in [0.1, 0.15) is 28.9 Å². The molecule has 0 unspecified atom stereocenters. The summed E-state index contributed by atoms with van der Waals surface area (Å²) in [6.45, 7) is 3.84. The number of rotatable bonds is 3. The number of nitrogens with one attached hydrogen (secondary N) is 2. The van der Waals surface area contributed by atoms with E-state index in [-0.39, 0.29) is 11.9 Å². The zero-order chi connectivity index (χ0) is 15.5. The zero-order valence-electron chi connectivity index (χ0n) is 12.5. The molecule has 2 N–H and O–H groups in total. The molecule has 1 aliphatic rings. The molecule has 0 atom stereocenters. The van der Waals surface area contributed by atoms with Crippen LogP contribution in [0.3, 0.4) is 0 Å². The topological polar surface area (TPSA) is 59.0 Å². The van der Waals surface area contributed by atoms with E-state index >= 15 is 0 Å². The van der Waals surface area contributed by atoms with Crippen LogP contribution in [0.2, 0.25) is 0 Å². The molecule has 22 heavy (non-hydrogen) atoms. The fraction of sp³-hybridized carbons (Fsp3) is 0.375. The van der Waals surface area contributed by atoms with Crippen LogP contribution in [-0.2, 0) is 0 Å². The summed E-state index contributed by atoms with van der Waals surface area (Å²) in [5, 5.41) is 10.8. The fourth-order valence-corrected chi connectivity index (χ4v) is 2.97. The van der Waals surface area contributed by atoms with Gasteiger partial charge >= 0.3 is 0 Å². The van der Waals surface area contributed by atoms with Gasteiger partial charge in [-0.05, 0) is 57.1 Å². The molecule has 2 heterocycles. The number of piperidine rings is 1. The van der Waals surface area contributed by atoms with E-state index in [0.717, 1.165) is 41.8 Å². The van der Waals surface area contributed by atoms with Crippen LogP contribution in [0.25, 0.3) is 5.69 Å². The SMILES string of the molecule is Cc1c(C(=O)NC2CCNCC2)cnn1-c1ccc(Br)cc1. The van der Waals surface area contributed by atoms with Gasteiger partial charge in [-0.2, -0.15) is 5.10 Å². The van der Waals surface area contributed by atoms with Gasteiger partial charge in [-0.15, -0.1) is 0 Å². The largest absolute Gasteiger partial charge is 0.349 e. The van der Waals surface area contributed by atoms with Crippen molar-refractivity contribution < 1.29 is 4.79 Å². The van der Waals surface area contributed by atoms with Crippen molar-refractivity contribution in [3.8, 4) is 5.69 Å². The predicted octanol–water partition coefficient (Wildman–Crippen LogP) is 2.43. The average molecular weight is 363 g/mol. The molecule has 0 saturated carbocycles. The Morgan fingerprint density at radius 1 is 1.32 bits per heavy atom. The van der Waals surface area contributed by atoms with Gasteiger partial charge in [0.15, 0.2) is 0 Å². The Kier molecular flexibility index (Phi) is 4.59. The Hall–Kier alpha value is -1.66. The first-order chi connectivity index (χ1) is 10.6. The van der Waals surface area contributed by atoms with Crippen molar-refractivity contribution in [2.24, 2.45) is 0 Å². The minimum absolute atomic E-state index is 0.0345. The third kappa shape index (κ3) is 3.23. The maximum Gasteiger partial charge on any atom is 0.254 e. The molecule has 1 aromatic carbocycles. The number of hydrogen-bond donors (Lipinski definition) is 2. The van der Waals surface area contributed by atoms with E-state index in [0.29, 0.717) is 5.56 Å². The molecular formula is C16H19BrN4O. The van der Waals surface area contributed by atoms with Crippen molar-refractivity contribution in [3.05, 3.63) is 46.2 Å². The molecule has 3 rings (SSSR count). The maximum absolute atomic E-state index is 12.4. The summed E-state index contributed by atoms with van der Waals surface area (Å²) in [5.41, 5.74) is 2.44. The second-order valence-electron chi connectivity index (χ2n) is 5.53. The molecule has 1 amide bonds. The summed E-state index contributed by atoms with van der Waals surface area (Å²) in [5.74, 6) is -0.0345. The van der Waals surface area contributed by atoms with Crippen molar-refractivity contribution in [1.82, 2.24) is 20.4 Å². The molecule has 2 aromatic rings. The number of aromatic nitrogens is 2. The smallest absolute Gasteiger partial charge is 0.254 e. The molecule has 0 radical (unpaired) electrons. The molecule has 116 valence electrons. The Balaban J connectivity index is 1.77. The fourth-order valence-electron chi connectivity index (χ4n) is 2.70. The van der Waals surface area contributed by atoms with Crippen LogP contribution in [0.4, 0.5) is 0 Å². The summed E-state index contributed by atoms with van der Waals surface area (Å²) in [7, 11) is 0. The van der Waals surface area contributed by atoms with Crippen LogP contribution in [0.15, 0.2) is 34.9 Å². The summed E-state index contributed by atoms with van der Waals surface area (Å²) in [4.78, 5) is 12.4. The highest BCUT2D eigenvalue weighted by atomic mass is 79.9. The molecule has 1 aliphatic heterocycles. The summed E-state index contributed by atoms with van der Waals surface area (Å²) >= 11 is 3.42. The number of halogens is 1. The molecule has 0 aliphatic carbocycles. The first-order valence-electron chi connectivity index (χ1n) is 7.47. The minimum Gasteiger partial charge on any atom is -0.349 e. The monoisotopic (exact) mass is 362 g/mol. The lowest BCUT2D eigenvalue weighted by molar-refractivity contribution is 0.0929. The lowest BCUT2D eigenvalue weighted by atomic mass is 10.1.